The van der Waals surface area contributed by atoms with E-state index in [0.29, 0.717) is 64.7 Å². The zero-order valence-corrected chi connectivity index (χ0v) is 31.9. The first-order valence-corrected chi connectivity index (χ1v) is 19.2. The number of amides is 4. The summed E-state index contributed by atoms with van der Waals surface area (Å²) in [7, 11) is 1.90. The molecule has 0 aromatic heterocycles. The SMILES string of the molecule is CC[C@@]1(C(=O)O)CN(C)CCN1C1CCN(C(=O)[C@@H](Cc2cc(Cl)c(N)c(C(F)(F)F)c2)OC(=O)N2CCC(N3CCc4ccccc4NC3=O)CC2)CC1. The fourth-order valence-electron chi connectivity index (χ4n) is 8.61. The second-order valence-electron chi connectivity index (χ2n) is 15.0. The van der Waals surface area contributed by atoms with E-state index >= 15 is 0 Å². The van der Waals surface area contributed by atoms with Gasteiger partial charge in [-0.3, -0.25) is 14.5 Å². The van der Waals surface area contributed by atoms with Gasteiger partial charge in [0.1, 0.15) is 5.54 Å². The number of fused-ring (bicyclic) bond motifs is 1. The Morgan fingerprint density at radius 1 is 1.00 bits per heavy atom. The average Bonchev–Trinajstić information content (AvgIpc) is 3.33. The minimum absolute atomic E-state index is 0.0195. The van der Waals surface area contributed by atoms with E-state index in [-0.39, 0.29) is 61.3 Å². The van der Waals surface area contributed by atoms with Crippen molar-refractivity contribution in [2.24, 2.45) is 0 Å². The summed E-state index contributed by atoms with van der Waals surface area (Å²) in [4.78, 5) is 62.4. The van der Waals surface area contributed by atoms with E-state index in [4.69, 9.17) is 22.1 Å². The number of hydrogen-bond acceptors (Lipinski definition) is 8. The number of piperidine rings is 2. The molecule has 4 aliphatic heterocycles. The number of carbonyl (C=O) groups is 4. The normalized spacial score (nSPS) is 22.8. The molecule has 300 valence electrons. The quantitative estimate of drug-likeness (QED) is 0.314. The Bertz CT molecular complexity index is 1770. The maximum atomic E-state index is 14.2. The Hall–Kier alpha value is -4.28. The third-order valence-corrected chi connectivity index (χ3v) is 12.1. The third kappa shape index (κ3) is 8.60. The standard InChI is InChI=1S/C38H49ClF3N7O6/c1-3-37(34(51)52)23-45(2)18-19-49(37)27-11-13-46(14-12-27)33(50)31(22-24-20-28(38(40,41)42)32(43)29(39)21-24)55-36(54)47-15-9-26(10-16-47)48-17-8-25-6-4-5-7-30(25)44-35(48)53/h4-7,20-21,26-27,31H,3,8-19,22-23,43H2,1-2H3,(H,44,53)(H,51,52)/t31-,37+/m1/s1. The van der Waals surface area contributed by atoms with Gasteiger partial charge in [-0.2, -0.15) is 13.2 Å². The van der Waals surface area contributed by atoms with Crippen LogP contribution in [0, 0.1) is 0 Å². The summed E-state index contributed by atoms with van der Waals surface area (Å²) in [5, 5.41) is 12.9. The van der Waals surface area contributed by atoms with Gasteiger partial charge in [0.25, 0.3) is 5.91 Å². The molecule has 55 heavy (non-hydrogen) atoms. The number of nitrogens with zero attached hydrogens (tertiary/aromatic N) is 5. The molecule has 0 unspecified atom stereocenters. The summed E-state index contributed by atoms with van der Waals surface area (Å²) in [5.74, 6) is -1.46. The van der Waals surface area contributed by atoms with Crippen LogP contribution in [-0.2, 0) is 33.3 Å². The molecule has 0 aliphatic carbocycles. The highest BCUT2D eigenvalue weighted by atomic mass is 35.5. The molecule has 2 aromatic carbocycles. The van der Waals surface area contributed by atoms with Gasteiger partial charge in [0, 0.05) is 76.5 Å². The molecule has 2 aromatic rings. The third-order valence-electron chi connectivity index (χ3n) is 11.7. The summed E-state index contributed by atoms with van der Waals surface area (Å²) in [6, 6.07) is 9.23. The van der Waals surface area contributed by atoms with Crippen molar-refractivity contribution in [3.05, 3.63) is 58.1 Å². The largest absolute Gasteiger partial charge is 0.480 e. The zero-order chi connectivity index (χ0) is 39.7. The minimum Gasteiger partial charge on any atom is -0.480 e. The van der Waals surface area contributed by atoms with Gasteiger partial charge < -0.3 is 40.5 Å². The molecule has 4 N–H and O–H groups in total. The molecule has 0 saturated carbocycles. The number of benzene rings is 2. The van der Waals surface area contributed by atoms with E-state index in [9.17, 15) is 37.5 Å². The van der Waals surface area contributed by atoms with Crippen molar-refractivity contribution in [2.75, 3.05) is 70.5 Å². The smallest absolute Gasteiger partial charge is 0.418 e. The summed E-state index contributed by atoms with van der Waals surface area (Å²) >= 11 is 6.13. The van der Waals surface area contributed by atoms with Crippen LogP contribution in [0.5, 0.6) is 0 Å². The van der Waals surface area contributed by atoms with Crippen LogP contribution in [-0.4, -0.2) is 137 Å². The van der Waals surface area contributed by atoms with Crippen molar-refractivity contribution in [1.82, 2.24) is 24.5 Å². The number of carbonyl (C=O) groups excluding carboxylic acids is 3. The summed E-state index contributed by atoms with van der Waals surface area (Å²) in [6.45, 7) is 4.97. The average molecular weight is 792 g/mol. The molecule has 3 fully saturated rings. The number of anilines is 2. The number of aliphatic carboxylic acids is 1. The number of para-hydroxylation sites is 1. The first-order valence-electron chi connectivity index (χ1n) is 18.8. The van der Waals surface area contributed by atoms with E-state index < -0.39 is 47.0 Å². The number of nitrogen functional groups attached to an aromatic ring is 1. The number of nitrogens with two attached hydrogens (primary N) is 1. The number of rotatable bonds is 8. The molecule has 13 nitrogen and oxygen atoms in total. The van der Waals surface area contributed by atoms with Gasteiger partial charge in [-0.15, -0.1) is 0 Å². The monoisotopic (exact) mass is 791 g/mol. The molecule has 4 amide bonds. The number of hydrogen-bond donors (Lipinski definition) is 3. The molecular weight excluding hydrogens is 743 g/mol. The van der Waals surface area contributed by atoms with Crippen molar-refractivity contribution in [2.45, 2.75) is 81.8 Å². The fraction of sp³-hybridized carbons (Fsp3) is 0.579. The van der Waals surface area contributed by atoms with Gasteiger partial charge in [-0.1, -0.05) is 36.7 Å². The van der Waals surface area contributed by atoms with E-state index in [2.05, 4.69) is 5.32 Å². The van der Waals surface area contributed by atoms with Crippen LogP contribution in [0.1, 0.15) is 55.7 Å². The lowest BCUT2D eigenvalue weighted by molar-refractivity contribution is -0.162. The molecule has 0 radical (unpaired) electrons. The van der Waals surface area contributed by atoms with Crippen molar-refractivity contribution in [3.8, 4) is 0 Å². The topological polar surface area (TPSA) is 152 Å². The Morgan fingerprint density at radius 2 is 1.65 bits per heavy atom. The van der Waals surface area contributed by atoms with Crippen molar-refractivity contribution >= 4 is 47.0 Å². The highest BCUT2D eigenvalue weighted by Crippen LogP contribution is 2.38. The number of piperazine rings is 1. The van der Waals surface area contributed by atoms with Crippen LogP contribution in [0.25, 0.3) is 0 Å². The Morgan fingerprint density at radius 3 is 2.31 bits per heavy atom. The van der Waals surface area contributed by atoms with Gasteiger partial charge in [0.15, 0.2) is 6.10 Å². The van der Waals surface area contributed by atoms with Crippen LogP contribution in [0.15, 0.2) is 36.4 Å². The second kappa shape index (κ2) is 16.4. The van der Waals surface area contributed by atoms with Crippen molar-refractivity contribution in [1.29, 1.82) is 0 Å². The number of ether oxygens (including phenoxy) is 1. The molecule has 0 bridgehead atoms. The summed E-state index contributed by atoms with van der Waals surface area (Å²) in [5.41, 5.74) is 4.64. The Balaban J connectivity index is 1.15. The lowest BCUT2D eigenvalue weighted by Crippen LogP contribution is -2.68. The van der Waals surface area contributed by atoms with Gasteiger partial charge >= 0.3 is 24.3 Å². The highest BCUT2D eigenvalue weighted by Gasteiger charge is 2.49. The Labute approximate surface area is 323 Å². The van der Waals surface area contributed by atoms with Gasteiger partial charge in [-0.25, -0.2) is 9.59 Å². The fourth-order valence-corrected chi connectivity index (χ4v) is 8.86. The number of likely N-dealkylation sites (tertiary alicyclic amines) is 2. The van der Waals surface area contributed by atoms with E-state index in [1.54, 1.807) is 4.90 Å². The molecule has 0 spiro atoms. The first-order chi connectivity index (χ1) is 26.1. The highest BCUT2D eigenvalue weighted by molar-refractivity contribution is 6.33. The van der Waals surface area contributed by atoms with E-state index in [1.165, 1.54) is 15.9 Å². The molecule has 6 rings (SSSR count). The van der Waals surface area contributed by atoms with Crippen molar-refractivity contribution in [3.63, 3.8) is 0 Å². The molecular formula is C38H49ClF3N7O6. The molecule has 4 heterocycles. The van der Waals surface area contributed by atoms with Crippen molar-refractivity contribution < 1.29 is 42.2 Å². The first kappa shape index (κ1) is 40.4. The maximum Gasteiger partial charge on any atom is 0.418 e. The van der Waals surface area contributed by atoms with Gasteiger partial charge in [-0.05, 0) is 74.9 Å². The predicted octanol–water partition coefficient (Wildman–Crippen LogP) is 5.02. The van der Waals surface area contributed by atoms with Gasteiger partial charge in [0.05, 0.1) is 16.3 Å². The van der Waals surface area contributed by atoms with Crippen LogP contribution >= 0.6 is 11.6 Å². The molecule has 3 saturated heterocycles. The molecule has 17 heteroatoms. The van der Waals surface area contributed by atoms with E-state index in [0.717, 1.165) is 17.3 Å². The van der Waals surface area contributed by atoms with Gasteiger partial charge in [0.2, 0.25) is 0 Å². The lowest BCUT2D eigenvalue weighted by atomic mass is 9.86. The molecule has 2 atom stereocenters. The second-order valence-corrected chi connectivity index (χ2v) is 15.4. The minimum atomic E-state index is -4.81. The number of likely N-dealkylation sites (N-methyl/N-ethyl adjacent to an activating group) is 1. The summed E-state index contributed by atoms with van der Waals surface area (Å²) in [6.07, 6.45) is -4.49. The number of alkyl halides is 3. The zero-order valence-electron chi connectivity index (χ0n) is 31.1. The number of carboxylic acids is 1. The molecule has 4 aliphatic rings. The summed E-state index contributed by atoms with van der Waals surface area (Å²) < 4.78 is 47.5. The van der Waals surface area contributed by atoms with Crippen LogP contribution in [0.3, 0.4) is 0 Å². The van der Waals surface area contributed by atoms with Crippen LogP contribution < -0.4 is 11.1 Å². The predicted molar refractivity (Wildman–Crippen MR) is 200 cm³/mol. The van der Waals surface area contributed by atoms with Crippen LogP contribution in [0.2, 0.25) is 5.02 Å². The number of urea groups is 1. The lowest BCUT2D eigenvalue weighted by Gasteiger charge is -2.52. The van der Waals surface area contributed by atoms with E-state index in [1.807, 2.05) is 48.0 Å². The number of carboxylic acid groups (broad SMARTS) is 1. The van der Waals surface area contributed by atoms with Crippen LogP contribution in [0.4, 0.5) is 34.1 Å². The number of halogens is 4. The maximum absolute atomic E-state index is 14.2. The number of nitrogens with one attached hydrogen (secondary N) is 1. The Kier molecular flexibility index (Phi) is 12.1.